The summed E-state index contributed by atoms with van der Waals surface area (Å²) in [5.41, 5.74) is 12.3. The molecule has 36 heavy (non-hydrogen) atoms. The van der Waals surface area contributed by atoms with Gasteiger partial charge in [0.25, 0.3) is 0 Å². The van der Waals surface area contributed by atoms with Gasteiger partial charge in [0, 0.05) is 0 Å². The van der Waals surface area contributed by atoms with Crippen molar-refractivity contribution in [1.29, 1.82) is 0 Å². The summed E-state index contributed by atoms with van der Waals surface area (Å²) in [7, 11) is -1.67. The van der Waals surface area contributed by atoms with Gasteiger partial charge in [0.15, 0.2) is 0 Å². The van der Waals surface area contributed by atoms with Crippen molar-refractivity contribution < 1.29 is 18.7 Å². The van der Waals surface area contributed by atoms with E-state index in [1.807, 2.05) is 50.4 Å². The molecular formula is C28H34N3O4P. The van der Waals surface area contributed by atoms with Crippen molar-refractivity contribution in [2.75, 3.05) is 26.1 Å². The van der Waals surface area contributed by atoms with Crippen LogP contribution in [0.1, 0.15) is 36.1 Å². The van der Waals surface area contributed by atoms with Crippen molar-refractivity contribution in [2.45, 2.75) is 33.6 Å². The van der Waals surface area contributed by atoms with Gasteiger partial charge in [0.1, 0.15) is 5.75 Å². The summed E-state index contributed by atoms with van der Waals surface area (Å²) >= 11 is 0. The topological polar surface area (TPSA) is 99.7 Å². The van der Waals surface area contributed by atoms with Crippen LogP contribution in [0.2, 0.25) is 0 Å². The number of anilines is 1. The van der Waals surface area contributed by atoms with Crippen LogP contribution in [0.25, 0.3) is 27.9 Å². The molecule has 0 aliphatic heterocycles. The molecule has 0 atom stereocenters. The number of methoxy groups -OCH3 is 1. The number of ether oxygens (including phenoxy) is 1. The Hall–Kier alpha value is -3.09. The standard InChI is InChI=1S/C28H34N3O4P/c1-5-34-36(32,35-6-2)14-13-20-8-12-24-25-16-21(18-30-27(25)28(29)31-26(24)17-20)7-9-22-10-11-23(33-4)15-19(22)3/h8,10-18,32,36H,5-7,9H2,1-4H3,(H2,29,31)/b14-13+. The summed E-state index contributed by atoms with van der Waals surface area (Å²) in [5.74, 6) is 2.90. The SMILES string of the molecule is CCO[PH](O)(/C=C/c1ccc2c(c1)nc(N)c1ncc(CCc3ccc(OC)cc3C)cc12)OCC. The first-order valence-corrected chi connectivity index (χ1v) is 14.0. The van der Waals surface area contributed by atoms with Crippen molar-refractivity contribution in [3.05, 3.63) is 76.7 Å². The molecule has 0 saturated heterocycles. The van der Waals surface area contributed by atoms with Crippen LogP contribution in [-0.4, -0.2) is 35.2 Å². The molecule has 2 aromatic carbocycles. The molecular weight excluding hydrogens is 473 g/mol. The third-order valence-corrected chi connectivity index (χ3v) is 8.15. The predicted molar refractivity (Wildman–Crippen MR) is 149 cm³/mol. The van der Waals surface area contributed by atoms with Gasteiger partial charge >= 0.3 is 164 Å². The summed E-state index contributed by atoms with van der Waals surface area (Å²) in [5, 5.41) is 1.96. The molecule has 0 amide bonds. The number of nitrogen functional groups attached to an aromatic ring is 1. The van der Waals surface area contributed by atoms with E-state index >= 15 is 0 Å². The van der Waals surface area contributed by atoms with E-state index in [2.05, 4.69) is 35.1 Å². The molecule has 0 radical (unpaired) electrons. The summed E-state index contributed by atoms with van der Waals surface area (Å²) in [4.78, 5) is 19.9. The number of nitrogens with zero attached hydrogens (tertiary/aromatic N) is 2. The van der Waals surface area contributed by atoms with Crippen LogP contribution in [-0.2, 0) is 21.9 Å². The molecule has 3 N–H and O–H groups in total. The molecule has 0 aliphatic carbocycles. The first kappa shape index (κ1) is 26.0. The van der Waals surface area contributed by atoms with Crippen molar-refractivity contribution in [1.82, 2.24) is 9.97 Å². The van der Waals surface area contributed by atoms with E-state index in [0.29, 0.717) is 24.5 Å². The Morgan fingerprint density at radius 2 is 1.78 bits per heavy atom. The summed E-state index contributed by atoms with van der Waals surface area (Å²) in [6.45, 7) is 6.52. The second-order valence-electron chi connectivity index (χ2n) is 8.64. The number of rotatable bonds is 10. The molecule has 7 nitrogen and oxygen atoms in total. The van der Waals surface area contributed by atoms with E-state index < -0.39 is 7.94 Å². The predicted octanol–water partition coefficient (Wildman–Crippen LogP) is 6.00. The van der Waals surface area contributed by atoms with Gasteiger partial charge in [-0.25, -0.2) is 0 Å². The van der Waals surface area contributed by atoms with Crippen LogP contribution in [0.3, 0.4) is 0 Å². The molecule has 0 fully saturated rings. The Morgan fingerprint density at radius 3 is 2.47 bits per heavy atom. The fourth-order valence-electron chi connectivity index (χ4n) is 4.32. The van der Waals surface area contributed by atoms with Gasteiger partial charge in [-0.15, -0.1) is 0 Å². The quantitative estimate of drug-likeness (QED) is 0.201. The van der Waals surface area contributed by atoms with E-state index in [4.69, 9.17) is 19.5 Å². The number of hydrogen-bond acceptors (Lipinski definition) is 7. The first-order valence-electron chi connectivity index (χ1n) is 12.2. The maximum absolute atomic E-state index is 10.6. The molecule has 2 heterocycles. The molecule has 190 valence electrons. The third kappa shape index (κ3) is 5.82. The molecule has 4 rings (SSSR count). The Bertz CT molecular complexity index is 1400. The van der Waals surface area contributed by atoms with Gasteiger partial charge in [0.2, 0.25) is 0 Å². The minimum absolute atomic E-state index is 0.377. The Labute approximate surface area is 212 Å². The average Bonchev–Trinajstić information content (AvgIpc) is 2.87. The summed E-state index contributed by atoms with van der Waals surface area (Å²) in [6, 6.07) is 14.3. The van der Waals surface area contributed by atoms with Crippen LogP contribution < -0.4 is 10.5 Å². The third-order valence-electron chi connectivity index (χ3n) is 6.16. The van der Waals surface area contributed by atoms with E-state index in [0.717, 1.165) is 46.0 Å². The second kappa shape index (κ2) is 11.3. The van der Waals surface area contributed by atoms with Gasteiger partial charge in [0.05, 0.1) is 7.11 Å². The van der Waals surface area contributed by atoms with Gasteiger partial charge in [-0.05, 0) is 24.6 Å². The number of pyridine rings is 2. The molecule has 2 aromatic heterocycles. The van der Waals surface area contributed by atoms with E-state index in [-0.39, 0.29) is 0 Å². The number of aromatic nitrogens is 2. The Morgan fingerprint density at radius 1 is 1.00 bits per heavy atom. The summed E-state index contributed by atoms with van der Waals surface area (Å²) < 4.78 is 16.3. The van der Waals surface area contributed by atoms with Crippen LogP contribution in [0, 0.1) is 6.92 Å². The van der Waals surface area contributed by atoms with Crippen molar-refractivity contribution in [3.63, 3.8) is 0 Å². The maximum atomic E-state index is 10.6. The minimum atomic E-state index is -3.35. The molecule has 8 heteroatoms. The zero-order valence-electron chi connectivity index (χ0n) is 21.2. The number of nitrogens with two attached hydrogens (primary N) is 1. The first-order chi connectivity index (χ1) is 17.4. The Balaban J connectivity index is 1.63. The molecule has 0 spiro atoms. The average molecular weight is 508 g/mol. The number of benzene rings is 2. The molecule has 0 saturated carbocycles. The molecule has 0 unspecified atom stereocenters. The van der Waals surface area contributed by atoms with Crippen molar-refractivity contribution >= 4 is 41.6 Å². The van der Waals surface area contributed by atoms with Crippen molar-refractivity contribution in [2.24, 2.45) is 0 Å². The second-order valence-corrected chi connectivity index (χ2v) is 10.8. The van der Waals surface area contributed by atoms with Crippen LogP contribution in [0.4, 0.5) is 5.82 Å². The van der Waals surface area contributed by atoms with Gasteiger partial charge < -0.3 is 4.74 Å². The molecule has 4 aromatic rings. The fraction of sp³-hybridized carbons (Fsp3) is 0.286. The van der Waals surface area contributed by atoms with Gasteiger partial charge in [-0.1, -0.05) is 6.07 Å². The van der Waals surface area contributed by atoms with E-state index in [1.165, 1.54) is 11.1 Å². The Kier molecular flexibility index (Phi) is 8.17. The van der Waals surface area contributed by atoms with Gasteiger partial charge in [-0.2, -0.15) is 0 Å². The van der Waals surface area contributed by atoms with Gasteiger partial charge in [-0.3, -0.25) is 0 Å². The van der Waals surface area contributed by atoms with Crippen molar-refractivity contribution in [3.8, 4) is 5.75 Å². The number of fused-ring (bicyclic) bond motifs is 3. The van der Waals surface area contributed by atoms with Crippen LogP contribution in [0.5, 0.6) is 5.75 Å². The number of hydrogen-bond donors (Lipinski definition) is 2. The zero-order chi connectivity index (χ0) is 25.7. The normalized spacial score (nSPS) is 12.6. The monoisotopic (exact) mass is 507 g/mol. The molecule has 0 aliphatic rings. The van der Waals surface area contributed by atoms with E-state index in [1.54, 1.807) is 12.9 Å². The number of aryl methyl sites for hydroxylation is 3. The van der Waals surface area contributed by atoms with E-state index in [9.17, 15) is 4.89 Å². The molecule has 0 bridgehead atoms. The van der Waals surface area contributed by atoms with Crippen LogP contribution >= 0.6 is 7.94 Å². The zero-order valence-corrected chi connectivity index (χ0v) is 22.2. The summed E-state index contributed by atoms with van der Waals surface area (Å²) in [6.07, 6.45) is 5.46. The fourth-order valence-corrected chi connectivity index (χ4v) is 5.82. The van der Waals surface area contributed by atoms with Crippen LogP contribution in [0.15, 0.2) is 54.5 Å².